The van der Waals surface area contributed by atoms with Crippen LogP contribution in [-0.2, 0) is 16.0 Å². The van der Waals surface area contributed by atoms with E-state index in [1.54, 1.807) is 39.1 Å². The molecule has 35 heavy (non-hydrogen) atoms. The molecule has 0 fully saturated rings. The third kappa shape index (κ3) is 6.49. The van der Waals surface area contributed by atoms with Gasteiger partial charge in [-0.05, 0) is 63.2 Å². The van der Waals surface area contributed by atoms with Crippen LogP contribution in [0.1, 0.15) is 31.9 Å². The lowest BCUT2D eigenvalue weighted by Crippen LogP contribution is -2.32. The van der Waals surface area contributed by atoms with E-state index in [-0.39, 0.29) is 18.9 Å². The van der Waals surface area contributed by atoms with Crippen LogP contribution in [0.5, 0.6) is 0 Å². The molecule has 8 nitrogen and oxygen atoms in total. The number of rotatable bonds is 3. The van der Waals surface area contributed by atoms with E-state index in [9.17, 15) is 9.59 Å². The van der Waals surface area contributed by atoms with Crippen LogP contribution in [0.4, 0.5) is 22.1 Å². The predicted molar refractivity (Wildman–Crippen MR) is 136 cm³/mol. The van der Waals surface area contributed by atoms with E-state index in [1.165, 1.54) is 0 Å². The number of nitrogens with zero attached hydrogens (tertiary/aromatic N) is 2. The maximum Gasteiger partial charge on any atom is 0.408 e. The molecule has 0 unspecified atom stereocenters. The summed E-state index contributed by atoms with van der Waals surface area (Å²) in [5, 5.41) is 9.18. The summed E-state index contributed by atoms with van der Waals surface area (Å²) in [6, 6.07) is 12.7. The minimum Gasteiger partial charge on any atom is -0.444 e. The Bertz CT molecular complexity index is 1340. The van der Waals surface area contributed by atoms with Crippen LogP contribution in [0.15, 0.2) is 48.7 Å². The summed E-state index contributed by atoms with van der Waals surface area (Å²) in [5.41, 5.74) is 3.84. The van der Waals surface area contributed by atoms with Gasteiger partial charge in [-0.2, -0.15) is 0 Å². The molecule has 2 aromatic carbocycles. The van der Waals surface area contributed by atoms with Crippen LogP contribution in [0.2, 0.25) is 5.02 Å². The lowest BCUT2D eigenvalue weighted by atomic mass is 10.1. The highest BCUT2D eigenvalue weighted by Crippen LogP contribution is 2.34. The second-order valence-corrected chi connectivity index (χ2v) is 9.28. The topological polar surface area (TPSA) is 105 Å². The number of carbonyl (C=O) groups excluding carboxylic acids is 2. The number of aromatic nitrogens is 2. The molecule has 0 aliphatic carbocycles. The second kappa shape index (κ2) is 10.0. The number of ether oxygens (including phenoxy) is 1. The predicted octanol–water partition coefficient (Wildman–Crippen LogP) is 4.91. The molecule has 0 atom stereocenters. The molecule has 1 aromatic heterocycles. The van der Waals surface area contributed by atoms with Gasteiger partial charge in [-0.1, -0.05) is 23.4 Å². The molecule has 0 spiro atoms. The van der Waals surface area contributed by atoms with Crippen molar-refractivity contribution in [2.45, 2.75) is 32.8 Å². The number of fused-ring (bicyclic) bond motifs is 3. The maximum absolute atomic E-state index is 12.2. The molecule has 9 heteroatoms. The summed E-state index contributed by atoms with van der Waals surface area (Å²) in [6.07, 6.45) is 1.33. The van der Waals surface area contributed by atoms with Crippen LogP contribution in [0.3, 0.4) is 0 Å². The zero-order chi connectivity index (χ0) is 25.0. The van der Waals surface area contributed by atoms with Gasteiger partial charge in [0.15, 0.2) is 0 Å². The van der Waals surface area contributed by atoms with Gasteiger partial charge in [-0.3, -0.25) is 4.79 Å². The Hall–Kier alpha value is -4.09. The SMILES string of the molecule is CC(C)(C)OC(=O)NCC#Cc1ccc(Nc2ncc3c(n2)-c2ccc(Cl)cc2NC(=O)C3)cc1. The van der Waals surface area contributed by atoms with Gasteiger partial charge in [0.1, 0.15) is 5.60 Å². The lowest BCUT2D eigenvalue weighted by Gasteiger charge is -2.18. The molecule has 3 N–H and O–H groups in total. The zero-order valence-electron chi connectivity index (χ0n) is 19.5. The highest BCUT2D eigenvalue weighted by Gasteiger charge is 2.21. The molecule has 2 amide bonds. The van der Waals surface area contributed by atoms with Gasteiger partial charge >= 0.3 is 6.09 Å². The minimum atomic E-state index is -0.549. The van der Waals surface area contributed by atoms with Crippen molar-refractivity contribution in [2.24, 2.45) is 0 Å². The number of carbonyl (C=O) groups is 2. The molecule has 1 aliphatic rings. The Kier molecular flexibility index (Phi) is 6.90. The second-order valence-electron chi connectivity index (χ2n) is 8.84. The molecule has 4 rings (SSSR count). The van der Waals surface area contributed by atoms with Crippen LogP contribution in [0.25, 0.3) is 11.3 Å². The number of benzene rings is 2. The fourth-order valence-electron chi connectivity index (χ4n) is 3.37. The molecule has 178 valence electrons. The van der Waals surface area contributed by atoms with E-state index >= 15 is 0 Å². The average Bonchev–Trinajstić information content (AvgIpc) is 2.91. The van der Waals surface area contributed by atoms with E-state index in [0.717, 1.165) is 22.4 Å². The van der Waals surface area contributed by atoms with Crippen LogP contribution in [-0.4, -0.2) is 34.1 Å². The third-order valence-corrected chi connectivity index (χ3v) is 5.06. The molecule has 0 radical (unpaired) electrons. The van der Waals surface area contributed by atoms with E-state index in [0.29, 0.717) is 22.4 Å². The number of anilines is 3. The number of amides is 2. The van der Waals surface area contributed by atoms with E-state index < -0.39 is 11.7 Å². The third-order valence-electron chi connectivity index (χ3n) is 4.82. The van der Waals surface area contributed by atoms with Crippen molar-refractivity contribution in [1.82, 2.24) is 15.3 Å². The van der Waals surface area contributed by atoms with Crippen molar-refractivity contribution >= 4 is 40.9 Å². The number of hydrogen-bond acceptors (Lipinski definition) is 6. The summed E-state index contributed by atoms with van der Waals surface area (Å²) in [6.45, 7) is 5.59. The van der Waals surface area contributed by atoms with Gasteiger partial charge in [0, 0.05) is 33.6 Å². The van der Waals surface area contributed by atoms with Gasteiger partial charge in [-0.25, -0.2) is 14.8 Å². The van der Waals surface area contributed by atoms with Gasteiger partial charge in [0.25, 0.3) is 0 Å². The first kappa shape index (κ1) is 24.0. The number of alkyl carbamates (subject to hydrolysis) is 1. The molecule has 1 aliphatic heterocycles. The van der Waals surface area contributed by atoms with E-state index in [4.69, 9.17) is 16.3 Å². The van der Waals surface area contributed by atoms with Crippen molar-refractivity contribution in [1.29, 1.82) is 0 Å². The van der Waals surface area contributed by atoms with Crippen LogP contribution < -0.4 is 16.0 Å². The fraction of sp³-hybridized carbons (Fsp3) is 0.231. The van der Waals surface area contributed by atoms with Gasteiger partial charge in [0.2, 0.25) is 11.9 Å². The maximum atomic E-state index is 12.2. The summed E-state index contributed by atoms with van der Waals surface area (Å²) in [5.74, 6) is 6.15. The number of halogens is 1. The average molecular weight is 490 g/mol. The van der Waals surface area contributed by atoms with Crippen LogP contribution in [0, 0.1) is 11.8 Å². The van der Waals surface area contributed by atoms with Crippen molar-refractivity contribution < 1.29 is 14.3 Å². The lowest BCUT2D eigenvalue weighted by molar-refractivity contribution is -0.115. The Morgan fingerprint density at radius 1 is 1.20 bits per heavy atom. The summed E-state index contributed by atoms with van der Waals surface area (Å²) >= 11 is 6.10. The molecular formula is C26H24ClN5O3. The summed E-state index contributed by atoms with van der Waals surface area (Å²) < 4.78 is 5.17. The Morgan fingerprint density at radius 2 is 1.97 bits per heavy atom. The first-order chi connectivity index (χ1) is 16.7. The Balaban J connectivity index is 1.44. The molecule has 0 saturated heterocycles. The molecule has 3 aromatic rings. The summed E-state index contributed by atoms with van der Waals surface area (Å²) in [7, 11) is 0. The number of nitrogens with one attached hydrogen (secondary N) is 3. The molecule has 2 heterocycles. The first-order valence-electron chi connectivity index (χ1n) is 10.9. The standard InChI is InChI=1S/C26H24ClN5O3/c1-26(2,3)35-25(34)28-12-4-5-16-6-9-19(10-7-16)30-24-29-15-17-13-22(33)31-21-14-18(27)8-11-20(21)23(17)32-24/h6-11,14-15H,12-13H2,1-3H3,(H,28,34)(H,31,33)(H,29,30,32). The smallest absolute Gasteiger partial charge is 0.408 e. The quantitative estimate of drug-likeness (QED) is 0.451. The van der Waals surface area contributed by atoms with Crippen molar-refractivity contribution in [3.05, 3.63) is 64.8 Å². The van der Waals surface area contributed by atoms with Gasteiger partial charge < -0.3 is 20.7 Å². The molecular weight excluding hydrogens is 466 g/mol. The van der Waals surface area contributed by atoms with Crippen molar-refractivity contribution in [3.63, 3.8) is 0 Å². The highest BCUT2D eigenvalue weighted by atomic mass is 35.5. The summed E-state index contributed by atoms with van der Waals surface area (Å²) in [4.78, 5) is 32.9. The molecule has 0 bridgehead atoms. The zero-order valence-corrected chi connectivity index (χ0v) is 20.3. The highest BCUT2D eigenvalue weighted by molar-refractivity contribution is 6.31. The fourth-order valence-corrected chi connectivity index (χ4v) is 3.54. The van der Waals surface area contributed by atoms with E-state index in [1.807, 2.05) is 30.3 Å². The normalized spacial score (nSPS) is 12.2. The Morgan fingerprint density at radius 3 is 2.71 bits per heavy atom. The van der Waals surface area contributed by atoms with Gasteiger partial charge in [0.05, 0.1) is 24.3 Å². The first-order valence-corrected chi connectivity index (χ1v) is 11.3. The number of hydrogen-bond donors (Lipinski definition) is 3. The monoisotopic (exact) mass is 489 g/mol. The Labute approximate surface area is 208 Å². The van der Waals surface area contributed by atoms with Crippen LogP contribution >= 0.6 is 11.6 Å². The minimum absolute atomic E-state index is 0.144. The van der Waals surface area contributed by atoms with Crippen molar-refractivity contribution in [3.8, 4) is 23.1 Å². The molecule has 0 saturated carbocycles. The van der Waals surface area contributed by atoms with Crippen molar-refractivity contribution in [2.75, 3.05) is 17.2 Å². The van der Waals surface area contributed by atoms with E-state index in [2.05, 4.69) is 37.8 Å². The van der Waals surface area contributed by atoms with Gasteiger partial charge in [-0.15, -0.1) is 0 Å². The largest absolute Gasteiger partial charge is 0.444 e.